The molecule has 0 saturated heterocycles. The Morgan fingerprint density at radius 2 is 2.12 bits per heavy atom. The number of aliphatic imine (C=N–C) groups is 1. The molecule has 16 heavy (non-hydrogen) atoms. The third kappa shape index (κ3) is 3.01. The van der Waals surface area contributed by atoms with Gasteiger partial charge in [0.2, 0.25) is 0 Å². The molecule has 1 aliphatic rings. The van der Waals surface area contributed by atoms with Crippen LogP contribution >= 0.6 is 27.7 Å². The van der Waals surface area contributed by atoms with Gasteiger partial charge in [-0.25, -0.2) is 0 Å². The summed E-state index contributed by atoms with van der Waals surface area (Å²) in [5, 5.41) is 4.39. The first-order valence-corrected chi connectivity index (χ1v) is 7.09. The number of thioether (sulfide) groups is 1. The van der Waals surface area contributed by atoms with E-state index in [2.05, 4.69) is 41.2 Å². The minimum absolute atomic E-state index is 0.0643. The Labute approximate surface area is 109 Å². The largest absolute Gasteiger partial charge is 0.334 e. The molecule has 0 spiro atoms. The summed E-state index contributed by atoms with van der Waals surface area (Å²) in [5.41, 5.74) is 1.14. The molecular formula is C12H15BrN2S. The van der Waals surface area contributed by atoms with Crippen LogP contribution in [0.3, 0.4) is 0 Å². The second kappa shape index (κ2) is 4.80. The number of nitrogens with one attached hydrogen (secondary N) is 1. The molecule has 1 aromatic carbocycles. The number of nitrogens with zero attached hydrogens (tertiary/aromatic N) is 1. The summed E-state index contributed by atoms with van der Waals surface area (Å²) in [5.74, 6) is 1.13. The second-order valence-corrected chi connectivity index (χ2v) is 6.37. The maximum Gasteiger partial charge on any atom is 0.161 e. The van der Waals surface area contributed by atoms with E-state index in [0.717, 1.165) is 27.5 Å². The van der Waals surface area contributed by atoms with Crippen molar-refractivity contribution in [1.29, 1.82) is 0 Å². The summed E-state index contributed by atoms with van der Waals surface area (Å²) < 4.78 is 1.07. The maximum atomic E-state index is 4.70. The Morgan fingerprint density at radius 1 is 1.38 bits per heavy atom. The molecule has 1 aromatic rings. The van der Waals surface area contributed by atoms with Gasteiger partial charge in [0, 0.05) is 10.2 Å². The van der Waals surface area contributed by atoms with Crippen molar-refractivity contribution in [2.45, 2.75) is 25.8 Å². The normalized spacial score (nSPS) is 19.1. The number of halogens is 1. The Balaban J connectivity index is 2.16. The van der Waals surface area contributed by atoms with Crippen molar-refractivity contribution >= 4 is 38.5 Å². The SMILES string of the molecule is CC1(C)CCSC(Nc2ccccc2Br)=N1. The molecule has 86 valence electrons. The van der Waals surface area contributed by atoms with Gasteiger partial charge in [-0.1, -0.05) is 23.9 Å². The lowest BCUT2D eigenvalue weighted by Gasteiger charge is -2.26. The minimum atomic E-state index is 0.0643. The van der Waals surface area contributed by atoms with Crippen LogP contribution < -0.4 is 5.32 Å². The van der Waals surface area contributed by atoms with E-state index in [1.165, 1.54) is 0 Å². The van der Waals surface area contributed by atoms with Gasteiger partial charge in [0.1, 0.15) is 0 Å². The zero-order valence-corrected chi connectivity index (χ0v) is 11.9. The number of hydrogen-bond acceptors (Lipinski definition) is 3. The van der Waals surface area contributed by atoms with E-state index < -0.39 is 0 Å². The first kappa shape index (κ1) is 12.0. The Bertz CT molecular complexity index is 415. The zero-order chi connectivity index (χ0) is 11.6. The van der Waals surface area contributed by atoms with Crippen molar-refractivity contribution in [1.82, 2.24) is 0 Å². The zero-order valence-electron chi connectivity index (χ0n) is 9.46. The highest BCUT2D eigenvalue weighted by molar-refractivity contribution is 9.10. The number of anilines is 1. The molecule has 0 bridgehead atoms. The Kier molecular flexibility index (Phi) is 3.60. The average Bonchev–Trinajstić information content (AvgIpc) is 2.20. The second-order valence-electron chi connectivity index (χ2n) is 4.43. The van der Waals surface area contributed by atoms with E-state index in [1.807, 2.05) is 18.2 Å². The summed E-state index contributed by atoms with van der Waals surface area (Å²) in [6, 6.07) is 8.11. The molecule has 1 N–H and O–H groups in total. The third-order valence-electron chi connectivity index (χ3n) is 2.47. The van der Waals surface area contributed by atoms with E-state index >= 15 is 0 Å². The molecule has 2 nitrogen and oxygen atoms in total. The highest BCUT2D eigenvalue weighted by atomic mass is 79.9. The van der Waals surface area contributed by atoms with Crippen LogP contribution in [-0.4, -0.2) is 16.5 Å². The highest BCUT2D eigenvalue weighted by Crippen LogP contribution is 2.28. The fourth-order valence-corrected chi connectivity index (χ4v) is 3.18. The first-order valence-electron chi connectivity index (χ1n) is 5.31. The molecule has 0 radical (unpaired) electrons. The van der Waals surface area contributed by atoms with Gasteiger partial charge in [0.25, 0.3) is 0 Å². The molecule has 0 aromatic heterocycles. The van der Waals surface area contributed by atoms with Crippen molar-refractivity contribution < 1.29 is 0 Å². The molecule has 0 saturated carbocycles. The predicted octanol–water partition coefficient (Wildman–Crippen LogP) is 4.13. The monoisotopic (exact) mass is 298 g/mol. The number of para-hydroxylation sites is 1. The summed E-state index contributed by atoms with van der Waals surface area (Å²) in [4.78, 5) is 4.70. The summed E-state index contributed by atoms with van der Waals surface area (Å²) in [6.45, 7) is 4.35. The predicted molar refractivity (Wildman–Crippen MR) is 76.4 cm³/mol. The van der Waals surface area contributed by atoms with Gasteiger partial charge >= 0.3 is 0 Å². The number of benzene rings is 1. The van der Waals surface area contributed by atoms with Crippen LogP contribution in [0.1, 0.15) is 20.3 Å². The molecule has 4 heteroatoms. The van der Waals surface area contributed by atoms with E-state index in [4.69, 9.17) is 4.99 Å². The van der Waals surface area contributed by atoms with Crippen molar-refractivity contribution in [3.05, 3.63) is 28.7 Å². The molecule has 0 fully saturated rings. The van der Waals surface area contributed by atoms with Gasteiger partial charge in [-0.15, -0.1) is 0 Å². The van der Waals surface area contributed by atoms with E-state index in [-0.39, 0.29) is 5.54 Å². The van der Waals surface area contributed by atoms with Crippen molar-refractivity contribution in [3.63, 3.8) is 0 Å². The molecule has 0 aliphatic carbocycles. The summed E-state index contributed by atoms with van der Waals surface area (Å²) in [6.07, 6.45) is 1.14. The van der Waals surface area contributed by atoms with E-state index in [1.54, 1.807) is 11.8 Å². The lowest BCUT2D eigenvalue weighted by atomic mass is 10.0. The van der Waals surface area contributed by atoms with Crippen LogP contribution in [0.25, 0.3) is 0 Å². The highest BCUT2D eigenvalue weighted by Gasteiger charge is 2.22. The van der Waals surface area contributed by atoms with Gasteiger partial charge in [0.05, 0.1) is 11.2 Å². The van der Waals surface area contributed by atoms with Crippen LogP contribution in [0.2, 0.25) is 0 Å². The van der Waals surface area contributed by atoms with Gasteiger partial charge in [-0.05, 0) is 48.3 Å². The van der Waals surface area contributed by atoms with Gasteiger partial charge in [0.15, 0.2) is 5.17 Å². The standard InChI is InChI=1S/C12H15BrN2S/c1-12(2)7-8-16-11(15-12)14-10-6-4-3-5-9(10)13/h3-6H,7-8H2,1-2H3,(H,14,15). The molecule has 2 rings (SSSR count). The third-order valence-corrected chi connectivity index (χ3v) is 4.04. The van der Waals surface area contributed by atoms with Crippen LogP contribution in [0.15, 0.2) is 33.7 Å². The van der Waals surface area contributed by atoms with Gasteiger partial charge in [-0.2, -0.15) is 0 Å². The smallest absolute Gasteiger partial charge is 0.161 e. The van der Waals surface area contributed by atoms with E-state index in [9.17, 15) is 0 Å². The van der Waals surface area contributed by atoms with Crippen LogP contribution in [-0.2, 0) is 0 Å². The molecule has 0 unspecified atom stereocenters. The minimum Gasteiger partial charge on any atom is -0.334 e. The topological polar surface area (TPSA) is 24.4 Å². The lowest BCUT2D eigenvalue weighted by Crippen LogP contribution is -2.27. The lowest BCUT2D eigenvalue weighted by molar-refractivity contribution is 0.507. The average molecular weight is 299 g/mol. The number of amidine groups is 1. The summed E-state index contributed by atoms with van der Waals surface area (Å²) >= 11 is 5.31. The maximum absolute atomic E-state index is 4.70. The van der Waals surface area contributed by atoms with Crippen molar-refractivity contribution in [3.8, 4) is 0 Å². The first-order chi connectivity index (χ1) is 7.57. The molecular weight excluding hydrogens is 284 g/mol. The fourth-order valence-electron chi connectivity index (χ4n) is 1.50. The molecule has 0 atom stereocenters. The van der Waals surface area contributed by atoms with Crippen molar-refractivity contribution in [2.75, 3.05) is 11.1 Å². The van der Waals surface area contributed by atoms with Crippen molar-refractivity contribution in [2.24, 2.45) is 4.99 Å². The van der Waals surface area contributed by atoms with E-state index in [0.29, 0.717) is 0 Å². The van der Waals surface area contributed by atoms with Crippen LogP contribution in [0, 0.1) is 0 Å². The van der Waals surface area contributed by atoms with Gasteiger partial charge in [-0.3, -0.25) is 4.99 Å². The number of rotatable bonds is 1. The Hall–Kier alpha value is -0.480. The van der Waals surface area contributed by atoms with Crippen LogP contribution in [0.4, 0.5) is 5.69 Å². The quantitative estimate of drug-likeness (QED) is 0.843. The molecule has 0 amide bonds. The molecule has 1 aliphatic heterocycles. The fraction of sp³-hybridized carbons (Fsp3) is 0.417. The Morgan fingerprint density at radius 3 is 2.81 bits per heavy atom. The number of hydrogen-bond donors (Lipinski definition) is 1. The summed E-state index contributed by atoms with van der Waals surface area (Å²) in [7, 11) is 0. The van der Waals surface area contributed by atoms with Crippen LogP contribution in [0.5, 0.6) is 0 Å². The van der Waals surface area contributed by atoms with Gasteiger partial charge < -0.3 is 5.32 Å². The molecule has 1 heterocycles.